The lowest BCUT2D eigenvalue weighted by Gasteiger charge is -2.39. The maximum absolute atomic E-state index is 12.9. The van der Waals surface area contributed by atoms with Gasteiger partial charge >= 0.3 is 0 Å². The number of hydrogen-bond acceptors (Lipinski definition) is 7. The minimum absolute atomic E-state index is 0.0903. The van der Waals surface area contributed by atoms with Crippen LogP contribution < -0.4 is 14.2 Å². The van der Waals surface area contributed by atoms with Crippen LogP contribution in [-0.4, -0.2) is 43.4 Å². The van der Waals surface area contributed by atoms with Crippen molar-refractivity contribution in [3.63, 3.8) is 0 Å². The van der Waals surface area contributed by atoms with Crippen molar-refractivity contribution >= 4 is 5.78 Å². The van der Waals surface area contributed by atoms with Gasteiger partial charge < -0.3 is 29.2 Å². The summed E-state index contributed by atoms with van der Waals surface area (Å²) in [6, 6.07) is 9.63. The Balaban J connectivity index is 2.27. The van der Waals surface area contributed by atoms with Crippen LogP contribution in [0.3, 0.4) is 0 Å². The van der Waals surface area contributed by atoms with Crippen molar-refractivity contribution < 1.29 is 34.0 Å². The van der Waals surface area contributed by atoms with Gasteiger partial charge in [0.2, 0.25) is 11.5 Å². The Morgan fingerprint density at radius 3 is 2.36 bits per heavy atom. The fourth-order valence-corrected chi connectivity index (χ4v) is 2.96. The molecule has 0 fully saturated rings. The van der Waals surface area contributed by atoms with Crippen LogP contribution in [0.4, 0.5) is 0 Å². The molecule has 0 saturated carbocycles. The third-order valence-corrected chi connectivity index (χ3v) is 4.13. The zero-order valence-corrected chi connectivity index (χ0v) is 14.0. The van der Waals surface area contributed by atoms with E-state index in [0.29, 0.717) is 5.56 Å². The SMILES string of the molecule is COc1cc(O)c2c(c1OC)OC(O)(c1ccccc1)C(OC)C2=O. The second-order valence-electron chi connectivity index (χ2n) is 5.48. The highest BCUT2D eigenvalue weighted by Crippen LogP contribution is 2.51. The number of phenolic OH excluding ortho intramolecular Hbond substituents is 1. The summed E-state index contributed by atoms with van der Waals surface area (Å²) in [5, 5.41) is 21.4. The van der Waals surface area contributed by atoms with E-state index in [-0.39, 0.29) is 28.6 Å². The molecule has 0 amide bonds. The molecule has 2 unspecified atom stereocenters. The average molecular weight is 346 g/mol. The first-order chi connectivity index (χ1) is 12.0. The van der Waals surface area contributed by atoms with Gasteiger partial charge in [-0.3, -0.25) is 4.79 Å². The van der Waals surface area contributed by atoms with Crippen molar-refractivity contribution in [2.75, 3.05) is 21.3 Å². The molecule has 7 nitrogen and oxygen atoms in total. The number of carbonyl (C=O) groups is 1. The Labute approximate surface area is 144 Å². The number of fused-ring (bicyclic) bond motifs is 1. The molecule has 3 rings (SSSR count). The van der Waals surface area contributed by atoms with Crippen molar-refractivity contribution in [3.05, 3.63) is 47.5 Å². The van der Waals surface area contributed by atoms with Crippen LogP contribution in [0.5, 0.6) is 23.0 Å². The second kappa shape index (κ2) is 6.27. The number of Topliss-reactive ketones (excluding diaryl/α,β-unsaturated/α-hetero) is 1. The largest absolute Gasteiger partial charge is 0.507 e. The van der Waals surface area contributed by atoms with E-state index in [0.717, 1.165) is 0 Å². The Kier molecular flexibility index (Phi) is 4.28. The number of benzene rings is 2. The fraction of sp³-hybridized carbons (Fsp3) is 0.278. The summed E-state index contributed by atoms with van der Waals surface area (Å²) in [6.45, 7) is 0. The van der Waals surface area contributed by atoms with Gasteiger partial charge in [-0.1, -0.05) is 30.3 Å². The topological polar surface area (TPSA) is 94.5 Å². The van der Waals surface area contributed by atoms with Gasteiger partial charge in [-0.25, -0.2) is 0 Å². The average Bonchev–Trinajstić information content (AvgIpc) is 2.62. The maximum atomic E-state index is 12.9. The van der Waals surface area contributed by atoms with E-state index in [1.54, 1.807) is 30.3 Å². The predicted molar refractivity (Wildman–Crippen MR) is 87.3 cm³/mol. The highest BCUT2D eigenvalue weighted by atomic mass is 16.7. The van der Waals surface area contributed by atoms with Crippen LogP contribution >= 0.6 is 0 Å². The summed E-state index contributed by atoms with van der Waals surface area (Å²) in [5.41, 5.74) is 0.190. The van der Waals surface area contributed by atoms with Gasteiger partial charge in [-0.15, -0.1) is 0 Å². The molecular formula is C18H18O7. The Bertz CT molecular complexity index is 803. The first-order valence-corrected chi connectivity index (χ1v) is 7.49. The molecule has 25 heavy (non-hydrogen) atoms. The van der Waals surface area contributed by atoms with Gasteiger partial charge in [0.1, 0.15) is 11.3 Å². The number of ether oxygens (including phenoxy) is 4. The minimum atomic E-state index is -2.09. The van der Waals surface area contributed by atoms with Crippen LogP contribution in [0.2, 0.25) is 0 Å². The summed E-state index contributed by atoms with van der Waals surface area (Å²) < 4.78 is 21.4. The number of hydrogen-bond donors (Lipinski definition) is 2. The molecule has 1 heterocycles. The van der Waals surface area contributed by atoms with Crippen LogP contribution in [0.15, 0.2) is 36.4 Å². The zero-order valence-electron chi connectivity index (χ0n) is 14.0. The number of rotatable bonds is 4. The Hall–Kier alpha value is -2.77. The van der Waals surface area contributed by atoms with Crippen molar-refractivity contribution in [3.8, 4) is 23.0 Å². The molecule has 132 valence electrons. The summed E-state index contributed by atoms with van der Waals surface area (Å²) in [4.78, 5) is 12.9. The lowest BCUT2D eigenvalue weighted by atomic mass is 9.89. The molecule has 2 atom stereocenters. The standard InChI is InChI=1S/C18H18O7/c1-22-12-9-11(19)13-14(20)17(24-3)18(21,10-7-5-4-6-8-10)25-16(13)15(12)23-2/h4-9,17,19,21H,1-3H3. The number of carbonyl (C=O) groups excluding carboxylic acids is 1. The van der Waals surface area contributed by atoms with Gasteiger partial charge in [-0.05, 0) is 0 Å². The molecular weight excluding hydrogens is 328 g/mol. The first-order valence-electron chi connectivity index (χ1n) is 7.49. The number of aliphatic hydroxyl groups is 1. The van der Waals surface area contributed by atoms with Crippen LogP contribution in [0, 0.1) is 0 Å². The molecule has 2 N–H and O–H groups in total. The first kappa shape index (κ1) is 17.1. The third kappa shape index (κ3) is 2.48. The molecule has 0 radical (unpaired) electrons. The predicted octanol–water partition coefficient (Wildman–Crippen LogP) is 1.84. The summed E-state index contributed by atoms with van der Waals surface area (Å²) in [6.07, 6.45) is -1.37. The van der Waals surface area contributed by atoms with E-state index in [4.69, 9.17) is 18.9 Å². The molecule has 2 aromatic carbocycles. The summed E-state index contributed by atoms with van der Waals surface area (Å²) in [5.74, 6) is -2.93. The number of aromatic hydroxyl groups is 1. The lowest BCUT2D eigenvalue weighted by molar-refractivity contribution is -0.211. The Morgan fingerprint density at radius 2 is 1.80 bits per heavy atom. The van der Waals surface area contributed by atoms with Crippen molar-refractivity contribution in [1.29, 1.82) is 0 Å². The third-order valence-electron chi connectivity index (χ3n) is 4.13. The smallest absolute Gasteiger partial charge is 0.269 e. The minimum Gasteiger partial charge on any atom is -0.507 e. The van der Waals surface area contributed by atoms with E-state index < -0.39 is 17.7 Å². The van der Waals surface area contributed by atoms with E-state index in [9.17, 15) is 15.0 Å². The molecule has 1 aliphatic heterocycles. The van der Waals surface area contributed by atoms with Gasteiger partial charge in [0.05, 0.1) is 14.2 Å². The fourth-order valence-electron chi connectivity index (χ4n) is 2.96. The van der Waals surface area contributed by atoms with Gasteiger partial charge in [0.25, 0.3) is 5.79 Å². The van der Waals surface area contributed by atoms with Crippen molar-refractivity contribution in [2.45, 2.75) is 11.9 Å². The molecule has 7 heteroatoms. The van der Waals surface area contributed by atoms with E-state index in [1.165, 1.54) is 27.4 Å². The van der Waals surface area contributed by atoms with Crippen LogP contribution in [0.25, 0.3) is 0 Å². The summed E-state index contributed by atoms with van der Waals surface area (Å²) in [7, 11) is 4.03. The zero-order chi connectivity index (χ0) is 18.2. The van der Waals surface area contributed by atoms with Crippen molar-refractivity contribution in [2.24, 2.45) is 0 Å². The molecule has 0 bridgehead atoms. The van der Waals surface area contributed by atoms with Gasteiger partial charge in [-0.2, -0.15) is 0 Å². The highest BCUT2D eigenvalue weighted by Gasteiger charge is 2.53. The number of phenols is 1. The Morgan fingerprint density at radius 1 is 1.12 bits per heavy atom. The van der Waals surface area contributed by atoms with Crippen LogP contribution in [0.1, 0.15) is 15.9 Å². The lowest BCUT2D eigenvalue weighted by Crippen LogP contribution is -2.53. The van der Waals surface area contributed by atoms with Crippen molar-refractivity contribution in [1.82, 2.24) is 0 Å². The second-order valence-corrected chi connectivity index (χ2v) is 5.48. The normalized spacial score (nSPS) is 22.1. The number of ketones is 1. The molecule has 2 aromatic rings. The molecule has 0 spiro atoms. The molecule has 1 aliphatic rings. The molecule has 0 aromatic heterocycles. The quantitative estimate of drug-likeness (QED) is 0.872. The monoisotopic (exact) mass is 346 g/mol. The van der Waals surface area contributed by atoms with Crippen LogP contribution in [-0.2, 0) is 10.5 Å². The maximum Gasteiger partial charge on any atom is 0.269 e. The molecule has 0 aliphatic carbocycles. The van der Waals surface area contributed by atoms with Gasteiger partial charge in [0, 0.05) is 18.7 Å². The summed E-state index contributed by atoms with van der Waals surface area (Å²) >= 11 is 0. The highest BCUT2D eigenvalue weighted by molar-refractivity contribution is 6.07. The molecule has 0 saturated heterocycles. The number of methoxy groups -OCH3 is 3. The van der Waals surface area contributed by atoms with E-state index in [2.05, 4.69) is 0 Å². The van der Waals surface area contributed by atoms with E-state index in [1.807, 2.05) is 0 Å². The van der Waals surface area contributed by atoms with E-state index >= 15 is 0 Å². The van der Waals surface area contributed by atoms with Gasteiger partial charge in [0.15, 0.2) is 17.6 Å².